The molecule has 6 nitrogen and oxygen atoms in total. The van der Waals surface area contributed by atoms with Gasteiger partial charge in [0, 0.05) is 31.8 Å². The maximum absolute atomic E-state index is 12.8. The maximum atomic E-state index is 12.8. The van der Waals surface area contributed by atoms with E-state index in [9.17, 15) is 13.2 Å². The van der Waals surface area contributed by atoms with Gasteiger partial charge in [-0.05, 0) is 44.4 Å². The first-order valence-corrected chi connectivity index (χ1v) is 9.71. The minimum atomic E-state index is -3.54. The number of amides is 1. The molecule has 0 aromatic heterocycles. The Bertz CT molecular complexity index is 682. The second-order valence-electron chi connectivity index (χ2n) is 6.27. The van der Waals surface area contributed by atoms with Gasteiger partial charge in [0.2, 0.25) is 10.0 Å². The fourth-order valence-electron chi connectivity index (χ4n) is 2.85. The van der Waals surface area contributed by atoms with Gasteiger partial charge in [-0.2, -0.15) is 4.31 Å². The van der Waals surface area contributed by atoms with Crippen LogP contribution in [-0.2, 0) is 14.8 Å². The summed E-state index contributed by atoms with van der Waals surface area (Å²) < 4.78 is 32.1. The number of nitrogens with zero attached hydrogens (tertiary/aromatic N) is 1. The Hall–Kier alpha value is -1.44. The molecule has 1 N–H and O–H groups in total. The van der Waals surface area contributed by atoms with Crippen molar-refractivity contribution in [1.82, 2.24) is 9.62 Å². The minimum absolute atomic E-state index is 0.149. The Morgan fingerprint density at radius 3 is 2.58 bits per heavy atom. The van der Waals surface area contributed by atoms with E-state index in [1.54, 1.807) is 26.2 Å². The number of aryl methyl sites for hydroxylation is 1. The summed E-state index contributed by atoms with van der Waals surface area (Å²) in [6.45, 7) is 5.13. The molecule has 0 radical (unpaired) electrons. The second-order valence-corrected chi connectivity index (χ2v) is 8.21. The van der Waals surface area contributed by atoms with Crippen LogP contribution in [0.3, 0.4) is 0 Å². The third-order valence-corrected chi connectivity index (χ3v) is 6.10. The van der Waals surface area contributed by atoms with Crippen LogP contribution < -0.4 is 5.32 Å². The van der Waals surface area contributed by atoms with E-state index in [0.717, 1.165) is 24.8 Å². The van der Waals surface area contributed by atoms with Crippen LogP contribution in [0.4, 0.5) is 0 Å². The summed E-state index contributed by atoms with van der Waals surface area (Å²) in [4.78, 5) is 12.6. The lowest BCUT2D eigenvalue weighted by molar-refractivity contribution is 0.0904. The van der Waals surface area contributed by atoms with Gasteiger partial charge < -0.3 is 10.1 Å². The third-order valence-electron chi connectivity index (χ3n) is 4.20. The van der Waals surface area contributed by atoms with Crippen molar-refractivity contribution in [3.8, 4) is 0 Å². The van der Waals surface area contributed by atoms with Crippen LogP contribution >= 0.6 is 0 Å². The zero-order valence-corrected chi connectivity index (χ0v) is 15.4. The zero-order chi connectivity index (χ0) is 17.7. The smallest absolute Gasteiger partial charge is 0.251 e. The van der Waals surface area contributed by atoms with Crippen LogP contribution in [0.5, 0.6) is 0 Å². The normalized spacial score (nSPS) is 17.5. The van der Waals surface area contributed by atoms with Gasteiger partial charge in [0.1, 0.15) is 0 Å². The summed E-state index contributed by atoms with van der Waals surface area (Å²) in [5.74, 6) is -0.284. The van der Waals surface area contributed by atoms with E-state index in [4.69, 9.17) is 4.74 Å². The Balaban J connectivity index is 2.26. The van der Waals surface area contributed by atoms with Crippen molar-refractivity contribution in [3.63, 3.8) is 0 Å². The number of methoxy groups -OCH3 is 1. The molecule has 134 valence electrons. The van der Waals surface area contributed by atoms with Crippen molar-refractivity contribution in [2.75, 3.05) is 26.8 Å². The standard InChI is InChI=1S/C17H26N2O4S/c1-13-7-8-15(24(21,22)19-9-5-4-6-10-19)11-16(13)17(20)18-14(2)12-23-3/h7-8,11,14H,4-6,9-10,12H2,1-3H3,(H,18,20). The summed E-state index contributed by atoms with van der Waals surface area (Å²) in [6.07, 6.45) is 2.82. The molecule has 0 spiro atoms. The number of nitrogens with one attached hydrogen (secondary N) is 1. The zero-order valence-electron chi connectivity index (χ0n) is 14.5. The number of sulfonamides is 1. The van der Waals surface area contributed by atoms with Gasteiger partial charge in [0.15, 0.2) is 0 Å². The number of carbonyl (C=O) groups is 1. The average molecular weight is 354 g/mol. The predicted octanol–water partition coefficient (Wildman–Crippen LogP) is 1.93. The largest absolute Gasteiger partial charge is 0.383 e. The van der Waals surface area contributed by atoms with Gasteiger partial charge in [-0.1, -0.05) is 12.5 Å². The van der Waals surface area contributed by atoms with E-state index < -0.39 is 10.0 Å². The quantitative estimate of drug-likeness (QED) is 0.847. The van der Waals surface area contributed by atoms with Crippen LogP contribution in [0.1, 0.15) is 42.1 Å². The highest BCUT2D eigenvalue weighted by Gasteiger charge is 2.27. The Labute approximate surface area is 144 Å². The lowest BCUT2D eigenvalue weighted by Gasteiger charge is -2.26. The third kappa shape index (κ3) is 4.34. The highest BCUT2D eigenvalue weighted by molar-refractivity contribution is 7.89. The van der Waals surface area contributed by atoms with Crippen LogP contribution in [0.25, 0.3) is 0 Å². The van der Waals surface area contributed by atoms with E-state index in [0.29, 0.717) is 25.3 Å². The van der Waals surface area contributed by atoms with Crippen molar-refractivity contribution in [3.05, 3.63) is 29.3 Å². The van der Waals surface area contributed by atoms with Crippen molar-refractivity contribution in [1.29, 1.82) is 0 Å². The first-order chi connectivity index (χ1) is 11.4. The van der Waals surface area contributed by atoms with Crippen molar-refractivity contribution < 1.29 is 17.9 Å². The van der Waals surface area contributed by atoms with Crippen LogP contribution in [0, 0.1) is 6.92 Å². The lowest BCUT2D eigenvalue weighted by atomic mass is 10.1. The van der Waals surface area contributed by atoms with Crippen molar-refractivity contribution >= 4 is 15.9 Å². The minimum Gasteiger partial charge on any atom is -0.383 e. The number of piperidine rings is 1. The van der Waals surface area contributed by atoms with E-state index in [1.807, 2.05) is 6.92 Å². The molecular formula is C17H26N2O4S. The van der Waals surface area contributed by atoms with E-state index in [1.165, 1.54) is 10.4 Å². The number of ether oxygens (including phenoxy) is 1. The predicted molar refractivity (Wildman–Crippen MR) is 92.6 cm³/mol. The fraction of sp³-hybridized carbons (Fsp3) is 0.588. The molecule has 1 fully saturated rings. The summed E-state index contributed by atoms with van der Waals surface area (Å²) in [5, 5.41) is 2.82. The highest BCUT2D eigenvalue weighted by atomic mass is 32.2. The highest BCUT2D eigenvalue weighted by Crippen LogP contribution is 2.22. The summed E-state index contributed by atoms with van der Waals surface area (Å²) in [6, 6.07) is 4.60. The Morgan fingerprint density at radius 2 is 1.96 bits per heavy atom. The SMILES string of the molecule is COCC(C)NC(=O)c1cc(S(=O)(=O)N2CCCCC2)ccc1C. The molecule has 24 heavy (non-hydrogen) atoms. The van der Waals surface area contributed by atoms with Gasteiger partial charge in [0.25, 0.3) is 5.91 Å². The topological polar surface area (TPSA) is 75.7 Å². The molecule has 1 aromatic carbocycles. The molecule has 0 aliphatic carbocycles. The summed E-state index contributed by atoms with van der Waals surface area (Å²) in [5.41, 5.74) is 1.13. The molecule has 1 amide bonds. The fourth-order valence-corrected chi connectivity index (χ4v) is 4.40. The number of hydrogen-bond acceptors (Lipinski definition) is 4. The van der Waals surface area contributed by atoms with Gasteiger partial charge in [0.05, 0.1) is 11.5 Å². The Morgan fingerprint density at radius 1 is 1.29 bits per heavy atom. The molecule has 1 atom stereocenters. The number of rotatable bonds is 6. The molecule has 0 bridgehead atoms. The second kappa shape index (κ2) is 8.09. The number of carbonyl (C=O) groups excluding carboxylic acids is 1. The van der Waals surface area contributed by atoms with Gasteiger partial charge in [-0.25, -0.2) is 8.42 Å². The molecule has 1 unspecified atom stereocenters. The van der Waals surface area contributed by atoms with Crippen LogP contribution in [0.2, 0.25) is 0 Å². The number of hydrogen-bond donors (Lipinski definition) is 1. The van der Waals surface area contributed by atoms with E-state index in [2.05, 4.69) is 5.32 Å². The van der Waals surface area contributed by atoms with E-state index in [-0.39, 0.29) is 16.8 Å². The van der Waals surface area contributed by atoms with Gasteiger partial charge >= 0.3 is 0 Å². The van der Waals surface area contributed by atoms with Crippen LogP contribution in [-0.4, -0.2) is 51.5 Å². The van der Waals surface area contributed by atoms with Crippen molar-refractivity contribution in [2.45, 2.75) is 44.0 Å². The molecule has 1 saturated heterocycles. The molecule has 1 aliphatic heterocycles. The Kier molecular flexibility index (Phi) is 6.37. The maximum Gasteiger partial charge on any atom is 0.251 e. The van der Waals surface area contributed by atoms with Crippen molar-refractivity contribution in [2.24, 2.45) is 0 Å². The molecule has 0 saturated carbocycles. The summed E-state index contributed by atoms with van der Waals surface area (Å²) in [7, 11) is -1.98. The first-order valence-electron chi connectivity index (χ1n) is 8.27. The van der Waals surface area contributed by atoms with Gasteiger partial charge in [-0.15, -0.1) is 0 Å². The first kappa shape index (κ1) is 18.9. The molecular weight excluding hydrogens is 328 g/mol. The van der Waals surface area contributed by atoms with Crippen LogP contribution in [0.15, 0.2) is 23.1 Å². The number of benzene rings is 1. The molecule has 1 heterocycles. The molecule has 1 aromatic rings. The van der Waals surface area contributed by atoms with Gasteiger partial charge in [-0.3, -0.25) is 4.79 Å². The molecule has 2 rings (SSSR count). The molecule has 7 heteroatoms. The monoisotopic (exact) mass is 354 g/mol. The average Bonchev–Trinajstić information content (AvgIpc) is 2.56. The molecule has 1 aliphatic rings. The summed E-state index contributed by atoms with van der Waals surface area (Å²) >= 11 is 0. The lowest BCUT2D eigenvalue weighted by Crippen LogP contribution is -2.37. The van der Waals surface area contributed by atoms with E-state index >= 15 is 0 Å².